The fraction of sp³-hybridized carbons (Fsp3) is 0.429. The van der Waals surface area contributed by atoms with Gasteiger partial charge < -0.3 is 20.1 Å². The molecule has 0 aromatic carbocycles. The predicted octanol–water partition coefficient (Wildman–Crippen LogP) is 2.53. The van der Waals surface area contributed by atoms with Crippen molar-refractivity contribution in [2.24, 2.45) is 0 Å². The molecule has 1 aliphatic rings. The molecule has 0 saturated heterocycles. The van der Waals surface area contributed by atoms with Crippen LogP contribution in [0.3, 0.4) is 0 Å². The molecule has 172 valence electrons. The topological polar surface area (TPSA) is 105 Å². The predicted molar refractivity (Wildman–Crippen MR) is 112 cm³/mol. The highest BCUT2D eigenvalue weighted by atomic mass is 35.5. The van der Waals surface area contributed by atoms with E-state index in [1.165, 1.54) is 18.5 Å². The largest absolute Gasteiger partial charge is 0.471 e. The van der Waals surface area contributed by atoms with E-state index in [2.05, 4.69) is 15.3 Å². The zero-order valence-electron chi connectivity index (χ0n) is 17.5. The monoisotopic (exact) mass is 468 g/mol. The van der Waals surface area contributed by atoms with Crippen LogP contribution in [0.5, 0.6) is 5.88 Å². The van der Waals surface area contributed by atoms with Gasteiger partial charge in [0.15, 0.2) is 6.61 Å². The molecule has 0 aliphatic carbocycles. The van der Waals surface area contributed by atoms with Crippen molar-refractivity contribution in [3.63, 3.8) is 0 Å². The number of nitrogens with one attached hydrogen (secondary N) is 1. The summed E-state index contributed by atoms with van der Waals surface area (Å²) in [6.45, 7) is 2.90. The quantitative estimate of drug-likeness (QED) is 0.586. The minimum atomic E-state index is -2.65. The Hall–Kier alpha value is -2.85. The molecule has 2 amide bonds. The van der Waals surface area contributed by atoms with Crippen LogP contribution in [0.25, 0.3) is 0 Å². The van der Waals surface area contributed by atoms with Gasteiger partial charge in [-0.05, 0) is 31.5 Å². The van der Waals surface area contributed by atoms with Gasteiger partial charge in [-0.25, -0.2) is 13.8 Å². The van der Waals surface area contributed by atoms with Crippen LogP contribution in [0.2, 0.25) is 5.02 Å². The molecular weight excluding hydrogens is 446 g/mol. The summed E-state index contributed by atoms with van der Waals surface area (Å²) in [5, 5.41) is 12.0. The molecule has 1 aliphatic heterocycles. The van der Waals surface area contributed by atoms with Gasteiger partial charge >= 0.3 is 0 Å². The molecular formula is C21H23ClF2N4O4. The number of ether oxygens (including phenoxy) is 1. The molecule has 0 spiro atoms. The van der Waals surface area contributed by atoms with Gasteiger partial charge in [0.05, 0.1) is 24.3 Å². The Morgan fingerprint density at radius 3 is 2.78 bits per heavy atom. The van der Waals surface area contributed by atoms with Crippen LogP contribution in [0.4, 0.5) is 8.78 Å². The Kier molecular flexibility index (Phi) is 7.57. The van der Waals surface area contributed by atoms with Gasteiger partial charge in [-0.3, -0.25) is 14.6 Å². The van der Waals surface area contributed by atoms with E-state index < -0.39 is 25.2 Å². The van der Waals surface area contributed by atoms with Gasteiger partial charge in [0, 0.05) is 36.6 Å². The molecule has 0 radical (unpaired) electrons. The number of aromatic nitrogens is 2. The lowest BCUT2D eigenvalue weighted by molar-refractivity contribution is -0.120. The van der Waals surface area contributed by atoms with Crippen molar-refractivity contribution in [3.8, 4) is 5.88 Å². The Bertz CT molecular complexity index is 1010. The van der Waals surface area contributed by atoms with Crippen LogP contribution < -0.4 is 10.1 Å². The van der Waals surface area contributed by atoms with Gasteiger partial charge in [0.2, 0.25) is 11.8 Å². The molecule has 2 aromatic heterocycles. The minimum absolute atomic E-state index is 0.0189. The maximum Gasteiger partial charge on any atom is 0.272 e. The summed E-state index contributed by atoms with van der Waals surface area (Å²) in [4.78, 5) is 35.0. The van der Waals surface area contributed by atoms with Crippen molar-refractivity contribution in [1.82, 2.24) is 20.2 Å². The summed E-state index contributed by atoms with van der Waals surface area (Å²) < 4.78 is 29.6. The second-order valence-corrected chi connectivity index (χ2v) is 7.89. The number of hydrogen-bond acceptors (Lipinski definition) is 6. The highest BCUT2D eigenvalue weighted by Crippen LogP contribution is 2.34. The fourth-order valence-corrected chi connectivity index (χ4v) is 3.58. The molecule has 3 heterocycles. The van der Waals surface area contributed by atoms with Gasteiger partial charge in [-0.15, -0.1) is 0 Å². The van der Waals surface area contributed by atoms with Crippen molar-refractivity contribution in [3.05, 3.63) is 51.9 Å². The number of aliphatic hydroxyl groups is 1. The molecule has 3 rings (SSSR count). The standard InChI is InChI=1S/C21H23ClF2N4O4/c1-11(29)7-26-19(30)6-17-15-9-28(21(31)14(15)3-4-25-17)12(2)13-5-16(22)20(27-8-13)32-10-18(23)24/h3-5,8,11-12,18,29H,6-7,9-10H2,1-2H3,(H,26,30)/t11-,12?/m0/s1. The summed E-state index contributed by atoms with van der Waals surface area (Å²) in [5.41, 5.74) is 2.21. The van der Waals surface area contributed by atoms with E-state index in [4.69, 9.17) is 16.3 Å². The third-order valence-electron chi connectivity index (χ3n) is 5.01. The molecule has 1 unspecified atom stereocenters. The van der Waals surface area contributed by atoms with Crippen LogP contribution in [0, 0.1) is 0 Å². The van der Waals surface area contributed by atoms with Crippen LogP contribution in [-0.4, -0.2) is 57.5 Å². The second kappa shape index (κ2) is 10.2. The van der Waals surface area contributed by atoms with E-state index in [1.807, 2.05) is 0 Å². The van der Waals surface area contributed by atoms with Gasteiger partial charge in [-0.1, -0.05) is 11.6 Å². The van der Waals surface area contributed by atoms with Crippen LogP contribution in [-0.2, 0) is 17.8 Å². The first kappa shape index (κ1) is 23.8. The molecule has 2 N–H and O–H groups in total. The molecule has 32 heavy (non-hydrogen) atoms. The number of carbonyl (C=O) groups excluding carboxylic acids is 2. The second-order valence-electron chi connectivity index (χ2n) is 7.48. The molecule has 2 aromatic rings. The van der Waals surface area contributed by atoms with Crippen LogP contribution >= 0.6 is 11.6 Å². The van der Waals surface area contributed by atoms with Gasteiger partial charge in [-0.2, -0.15) is 0 Å². The van der Waals surface area contributed by atoms with E-state index in [0.29, 0.717) is 22.4 Å². The molecule has 0 saturated carbocycles. The molecule has 0 bridgehead atoms. The molecule has 8 nitrogen and oxygen atoms in total. The number of hydrogen-bond donors (Lipinski definition) is 2. The van der Waals surface area contributed by atoms with E-state index in [-0.39, 0.29) is 42.2 Å². The first-order valence-corrected chi connectivity index (χ1v) is 10.3. The van der Waals surface area contributed by atoms with E-state index in [9.17, 15) is 23.5 Å². The number of aliphatic hydroxyl groups excluding tert-OH is 1. The number of alkyl halides is 2. The Labute approximate surface area is 188 Å². The van der Waals surface area contributed by atoms with Crippen molar-refractivity contribution in [2.75, 3.05) is 13.2 Å². The number of halogens is 3. The SMILES string of the molecule is CC(c1cnc(OCC(F)F)c(Cl)c1)N1Cc2c(ccnc2CC(=O)NC[C@H](C)O)C1=O. The van der Waals surface area contributed by atoms with Crippen LogP contribution in [0.15, 0.2) is 24.5 Å². The maximum atomic E-state index is 13.0. The summed E-state index contributed by atoms with van der Waals surface area (Å²) in [7, 11) is 0. The zero-order valence-corrected chi connectivity index (χ0v) is 18.3. The Morgan fingerprint density at radius 2 is 2.12 bits per heavy atom. The lowest BCUT2D eigenvalue weighted by Crippen LogP contribution is -2.32. The number of amides is 2. The third kappa shape index (κ3) is 5.49. The maximum absolute atomic E-state index is 13.0. The number of rotatable bonds is 9. The smallest absolute Gasteiger partial charge is 0.272 e. The van der Waals surface area contributed by atoms with Gasteiger partial charge in [0.1, 0.15) is 5.02 Å². The molecule has 11 heteroatoms. The lowest BCUT2D eigenvalue weighted by Gasteiger charge is -2.25. The summed E-state index contributed by atoms with van der Waals surface area (Å²) >= 11 is 6.12. The number of nitrogens with zero attached hydrogens (tertiary/aromatic N) is 3. The Balaban J connectivity index is 1.75. The first-order valence-electron chi connectivity index (χ1n) is 9.96. The zero-order chi connectivity index (χ0) is 23.4. The van der Waals surface area contributed by atoms with Crippen molar-refractivity contribution in [2.45, 2.75) is 45.4 Å². The lowest BCUT2D eigenvalue weighted by atomic mass is 10.1. The minimum Gasteiger partial charge on any atom is -0.471 e. The van der Waals surface area contributed by atoms with Crippen molar-refractivity contribution in [1.29, 1.82) is 0 Å². The average molecular weight is 469 g/mol. The Morgan fingerprint density at radius 1 is 1.38 bits per heavy atom. The van der Waals surface area contributed by atoms with E-state index >= 15 is 0 Å². The highest BCUT2D eigenvalue weighted by molar-refractivity contribution is 6.31. The van der Waals surface area contributed by atoms with E-state index in [0.717, 1.165) is 0 Å². The number of fused-ring (bicyclic) bond motifs is 1. The van der Waals surface area contributed by atoms with Crippen molar-refractivity contribution >= 4 is 23.4 Å². The fourth-order valence-electron chi connectivity index (χ4n) is 3.35. The average Bonchev–Trinajstić information content (AvgIpc) is 3.08. The number of pyridine rings is 2. The summed E-state index contributed by atoms with van der Waals surface area (Å²) in [6.07, 6.45) is -0.427. The highest BCUT2D eigenvalue weighted by Gasteiger charge is 2.34. The van der Waals surface area contributed by atoms with Crippen LogP contribution in [0.1, 0.15) is 47.1 Å². The van der Waals surface area contributed by atoms with E-state index in [1.54, 1.807) is 24.8 Å². The summed E-state index contributed by atoms with van der Waals surface area (Å²) in [6, 6.07) is 2.70. The molecule has 0 fully saturated rings. The molecule has 2 atom stereocenters. The summed E-state index contributed by atoms with van der Waals surface area (Å²) in [5.74, 6) is -0.635. The third-order valence-corrected chi connectivity index (χ3v) is 5.28. The normalized spacial score (nSPS) is 15.0. The number of carbonyl (C=O) groups is 2. The van der Waals surface area contributed by atoms with Gasteiger partial charge in [0.25, 0.3) is 12.3 Å². The first-order chi connectivity index (χ1) is 15.2. The van der Waals surface area contributed by atoms with Crippen molar-refractivity contribution < 1.29 is 28.2 Å².